The van der Waals surface area contributed by atoms with Crippen LogP contribution in [-0.2, 0) is 7.05 Å². The van der Waals surface area contributed by atoms with Gasteiger partial charge >= 0.3 is 0 Å². The van der Waals surface area contributed by atoms with Crippen molar-refractivity contribution in [1.29, 1.82) is 0 Å². The Morgan fingerprint density at radius 2 is 2.12 bits per heavy atom. The number of aryl methyl sites for hydroxylation is 1. The molecule has 2 heterocycles. The van der Waals surface area contributed by atoms with Crippen LogP contribution in [0.25, 0.3) is 0 Å². The molecule has 0 bridgehead atoms. The van der Waals surface area contributed by atoms with Gasteiger partial charge in [-0.05, 0) is 37.2 Å². The van der Waals surface area contributed by atoms with Crippen molar-refractivity contribution in [2.24, 2.45) is 7.05 Å². The molecule has 0 fully saturated rings. The normalized spacial score (nSPS) is 12.7. The second-order valence-electron chi connectivity index (χ2n) is 3.80. The second-order valence-corrected chi connectivity index (χ2v) is 4.78. The number of pyridine rings is 1. The first kappa shape index (κ1) is 12.1. The predicted octanol–water partition coefficient (Wildman–Crippen LogP) is 1.72. The van der Waals surface area contributed by atoms with E-state index in [1.165, 1.54) is 11.8 Å². The van der Waals surface area contributed by atoms with Crippen LogP contribution in [0.5, 0.6) is 0 Å². The Labute approximate surface area is 104 Å². The summed E-state index contributed by atoms with van der Waals surface area (Å²) in [6.45, 7) is 3.62. The fraction of sp³-hybridized carbons (Fsp3) is 0.364. The molecule has 2 rings (SSSR count). The van der Waals surface area contributed by atoms with Gasteiger partial charge in [-0.1, -0.05) is 6.07 Å². The van der Waals surface area contributed by atoms with Crippen molar-refractivity contribution in [3.05, 3.63) is 29.7 Å². The van der Waals surface area contributed by atoms with Crippen molar-refractivity contribution in [2.45, 2.75) is 30.1 Å². The third-order valence-electron chi connectivity index (χ3n) is 2.49. The molecule has 2 aromatic heterocycles. The van der Waals surface area contributed by atoms with Crippen LogP contribution in [0.2, 0.25) is 0 Å². The molecule has 0 unspecified atom stereocenters. The first-order valence-corrected chi connectivity index (χ1v) is 6.07. The summed E-state index contributed by atoms with van der Waals surface area (Å²) >= 11 is 1.45. The number of hydrogen-bond acceptors (Lipinski definition) is 5. The van der Waals surface area contributed by atoms with Gasteiger partial charge in [0, 0.05) is 13.2 Å². The van der Waals surface area contributed by atoms with Crippen molar-refractivity contribution in [3.8, 4) is 0 Å². The first-order valence-electron chi connectivity index (χ1n) is 5.26. The molecular weight excluding hydrogens is 236 g/mol. The van der Waals surface area contributed by atoms with Crippen molar-refractivity contribution in [2.75, 3.05) is 0 Å². The van der Waals surface area contributed by atoms with Crippen molar-refractivity contribution >= 4 is 11.8 Å². The molecule has 0 aliphatic rings. The number of rotatable bonds is 3. The lowest BCUT2D eigenvalue weighted by atomic mass is 10.2. The van der Waals surface area contributed by atoms with Gasteiger partial charge in [-0.25, -0.2) is 4.98 Å². The first-order chi connectivity index (χ1) is 8.08. The fourth-order valence-corrected chi connectivity index (χ4v) is 2.05. The molecular formula is C11H14N4OS. The van der Waals surface area contributed by atoms with Gasteiger partial charge in [0.15, 0.2) is 5.16 Å². The lowest BCUT2D eigenvalue weighted by molar-refractivity contribution is 0.198. The third-order valence-corrected chi connectivity index (χ3v) is 3.48. The predicted molar refractivity (Wildman–Crippen MR) is 64.7 cm³/mol. The van der Waals surface area contributed by atoms with Crippen LogP contribution in [0.3, 0.4) is 0 Å². The SMILES string of the molecule is Cc1nnc(Sc2ccc([C@H](C)O)cn2)n1C. The molecule has 17 heavy (non-hydrogen) atoms. The van der Waals surface area contributed by atoms with E-state index in [1.807, 2.05) is 30.7 Å². The standard InChI is InChI=1S/C11H14N4OS/c1-7(16)9-4-5-10(12-6-9)17-11-14-13-8(2)15(11)3/h4-7,16H,1-3H3/t7-/m0/s1. The highest BCUT2D eigenvalue weighted by Gasteiger charge is 2.08. The Morgan fingerprint density at radius 1 is 1.35 bits per heavy atom. The molecule has 0 radical (unpaired) electrons. The van der Waals surface area contributed by atoms with Crippen LogP contribution in [0.4, 0.5) is 0 Å². The van der Waals surface area contributed by atoms with Crippen LogP contribution < -0.4 is 0 Å². The molecule has 2 aromatic rings. The number of aliphatic hydroxyl groups excluding tert-OH is 1. The van der Waals surface area contributed by atoms with E-state index >= 15 is 0 Å². The van der Waals surface area contributed by atoms with E-state index in [4.69, 9.17) is 0 Å². The minimum absolute atomic E-state index is 0.487. The molecule has 90 valence electrons. The molecule has 6 heteroatoms. The maximum atomic E-state index is 9.38. The zero-order valence-corrected chi connectivity index (χ0v) is 10.8. The van der Waals surface area contributed by atoms with E-state index in [2.05, 4.69) is 15.2 Å². The summed E-state index contributed by atoms with van der Waals surface area (Å²) in [6, 6.07) is 3.74. The lowest BCUT2D eigenvalue weighted by Gasteiger charge is -2.05. The summed E-state index contributed by atoms with van der Waals surface area (Å²) in [7, 11) is 1.92. The molecule has 5 nitrogen and oxygen atoms in total. The maximum Gasteiger partial charge on any atom is 0.197 e. The third kappa shape index (κ3) is 2.65. The molecule has 0 aliphatic heterocycles. The van der Waals surface area contributed by atoms with Gasteiger partial charge in [0.1, 0.15) is 10.9 Å². The van der Waals surface area contributed by atoms with Gasteiger partial charge < -0.3 is 9.67 Å². The summed E-state index contributed by atoms with van der Waals surface area (Å²) in [6.07, 6.45) is 1.19. The average Bonchev–Trinajstić information content (AvgIpc) is 2.62. The number of nitrogens with zero attached hydrogens (tertiary/aromatic N) is 4. The summed E-state index contributed by atoms with van der Waals surface area (Å²) in [5, 5.41) is 19.1. The molecule has 0 aromatic carbocycles. The zero-order chi connectivity index (χ0) is 12.4. The molecule has 0 amide bonds. The Kier molecular flexibility index (Phi) is 3.44. The molecule has 1 N–H and O–H groups in total. The van der Waals surface area contributed by atoms with E-state index in [0.717, 1.165) is 21.6 Å². The second kappa shape index (κ2) is 4.85. The molecule has 0 aliphatic carbocycles. The largest absolute Gasteiger partial charge is 0.389 e. The quantitative estimate of drug-likeness (QED) is 0.898. The number of aliphatic hydroxyl groups is 1. The van der Waals surface area contributed by atoms with E-state index < -0.39 is 6.10 Å². The minimum atomic E-state index is -0.487. The van der Waals surface area contributed by atoms with Gasteiger partial charge in [-0.15, -0.1) is 10.2 Å². The van der Waals surface area contributed by atoms with Crippen LogP contribution in [0.15, 0.2) is 28.5 Å². The van der Waals surface area contributed by atoms with E-state index in [9.17, 15) is 5.11 Å². The van der Waals surface area contributed by atoms with E-state index in [1.54, 1.807) is 13.1 Å². The highest BCUT2D eigenvalue weighted by atomic mass is 32.2. The molecule has 1 atom stereocenters. The Hall–Kier alpha value is -1.40. The Morgan fingerprint density at radius 3 is 2.59 bits per heavy atom. The summed E-state index contributed by atoms with van der Waals surface area (Å²) in [5.74, 6) is 0.869. The van der Waals surface area contributed by atoms with Gasteiger partial charge in [-0.3, -0.25) is 0 Å². The van der Waals surface area contributed by atoms with E-state index in [-0.39, 0.29) is 0 Å². The van der Waals surface area contributed by atoms with Crippen molar-refractivity contribution in [3.63, 3.8) is 0 Å². The van der Waals surface area contributed by atoms with Gasteiger partial charge in [0.25, 0.3) is 0 Å². The van der Waals surface area contributed by atoms with Crippen LogP contribution >= 0.6 is 11.8 Å². The summed E-state index contributed by atoms with van der Waals surface area (Å²) in [5.41, 5.74) is 0.809. The monoisotopic (exact) mass is 250 g/mol. The van der Waals surface area contributed by atoms with Crippen molar-refractivity contribution < 1.29 is 5.11 Å². The van der Waals surface area contributed by atoms with Gasteiger partial charge in [0.05, 0.1) is 6.10 Å². The Bertz CT molecular complexity index is 507. The number of aromatic nitrogens is 4. The highest BCUT2D eigenvalue weighted by Crippen LogP contribution is 2.24. The van der Waals surface area contributed by atoms with Crippen LogP contribution in [0.1, 0.15) is 24.4 Å². The van der Waals surface area contributed by atoms with Crippen LogP contribution in [-0.4, -0.2) is 24.9 Å². The van der Waals surface area contributed by atoms with E-state index in [0.29, 0.717) is 0 Å². The van der Waals surface area contributed by atoms with Gasteiger partial charge in [-0.2, -0.15) is 0 Å². The molecule has 0 saturated carbocycles. The van der Waals surface area contributed by atoms with Crippen LogP contribution in [0, 0.1) is 6.92 Å². The highest BCUT2D eigenvalue weighted by molar-refractivity contribution is 7.99. The summed E-state index contributed by atoms with van der Waals surface area (Å²) < 4.78 is 1.91. The average molecular weight is 250 g/mol. The summed E-state index contributed by atoms with van der Waals surface area (Å²) in [4.78, 5) is 4.27. The maximum absolute atomic E-state index is 9.38. The Balaban J connectivity index is 2.17. The number of hydrogen-bond donors (Lipinski definition) is 1. The topological polar surface area (TPSA) is 63.8 Å². The fourth-order valence-electron chi connectivity index (χ4n) is 1.27. The van der Waals surface area contributed by atoms with Crippen molar-refractivity contribution in [1.82, 2.24) is 19.7 Å². The molecule has 0 spiro atoms. The smallest absolute Gasteiger partial charge is 0.197 e. The molecule has 0 saturated heterocycles. The van der Waals surface area contributed by atoms with Gasteiger partial charge in [0.2, 0.25) is 0 Å². The minimum Gasteiger partial charge on any atom is -0.389 e. The zero-order valence-electron chi connectivity index (χ0n) is 9.95. The lowest BCUT2D eigenvalue weighted by Crippen LogP contribution is -1.95.